The molecule has 0 bridgehead atoms. The fraction of sp³-hybridized carbons (Fsp3) is 0.647. The van der Waals surface area contributed by atoms with Crippen LogP contribution >= 0.6 is 0 Å². The predicted octanol–water partition coefficient (Wildman–Crippen LogP) is 1.34. The van der Waals surface area contributed by atoms with Gasteiger partial charge < -0.3 is 19.7 Å². The van der Waals surface area contributed by atoms with Crippen LogP contribution in [0.3, 0.4) is 0 Å². The third-order valence-corrected chi connectivity index (χ3v) is 3.72. The fourth-order valence-corrected chi connectivity index (χ4v) is 2.15. The van der Waals surface area contributed by atoms with Crippen molar-refractivity contribution in [2.75, 3.05) is 13.1 Å². The van der Waals surface area contributed by atoms with Gasteiger partial charge in [0, 0.05) is 38.3 Å². The second-order valence-corrected chi connectivity index (χ2v) is 6.95. The Morgan fingerprint density at radius 3 is 2.48 bits per heavy atom. The summed E-state index contributed by atoms with van der Waals surface area (Å²) in [5.41, 5.74) is -0.169. The summed E-state index contributed by atoms with van der Waals surface area (Å²) in [6.45, 7) is 9.14. The van der Waals surface area contributed by atoms with Gasteiger partial charge in [-0.2, -0.15) is 0 Å². The number of hydrogen-bond donors (Lipinski definition) is 2. The van der Waals surface area contributed by atoms with E-state index in [1.807, 2.05) is 20.8 Å². The molecule has 0 fully saturated rings. The number of oxazole rings is 1. The molecule has 0 radical (unpaired) electrons. The van der Waals surface area contributed by atoms with Crippen LogP contribution in [-0.4, -0.2) is 51.9 Å². The Morgan fingerprint density at radius 2 is 2.00 bits per heavy atom. The number of nitrogens with zero attached hydrogens (tertiary/aromatic N) is 2. The van der Waals surface area contributed by atoms with Gasteiger partial charge in [0.05, 0.1) is 6.20 Å². The molecule has 1 heterocycles. The van der Waals surface area contributed by atoms with Crippen LogP contribution in [0.25, 0.3) is 0 Å². The first-order valence-electron chi connectivity index (χ1n) is 8.24. The van der Waals surface area contributed by atoms with Crippen LogP contribution in [0.1, 0.15) is 52.7 Å². The highest BCUT2D eigenvalue weighted by Gasteiger charge is 2.26. The highest BCUT2D eigenvalue weighted by atomic mass is 16.4. The molecule has 1 unspecified atom stereocenters. The van der Waals surface area contributed by atoms with E-state index in [9.17, 15) is 19.5 Å². The fourth-order valence-electron chi connectivity index (χ4n) is 2.15. The van der Waals surface area contributed by atoms with E-state index >= 15 is 0 Å². The number of rotatable bonds is 8. The van der Waals surface area contributed by atoms with Crippen molar-refractivity contribution in [3.63, 3.8) is 0 Å². The zero-order valence-corrected chi connectivity index (χ0v) is 15.5. The first-order valence-corrected chi connectivity index (χ1v) is 8.24. The van der Waals surface area contributed by atoms with Gasteiger partial charge in [-0.25, -0.2) is 9.78 Å². The maximum Gasteiger partial charge on any atom is 0.326 e. The van der Waals surface area contributed by atoms with Gasteiger partial charge in [-0.1, -0.05) is 20.8 Å². The molecular weight excluding hydrogens is 326 g/mol. The highest BCUT2D eigenvalue weighted by Crippen LogP contribution is 2.23. The molecule has 0 saturated carbocycles. The van der Waals surface area contributed by atoms with Crippen LogP contribution in [0.5, 0.6) is 0 Å². The van der Waals surface area contributed by atoms with E-state index in [1.54, 1.807) is 6.20 Å². The van der Waals surface area contributed by atoms with E-state index in [1.165, 1.54) is 18.7 Å². The first-order chi connectivity index (χ1) is 11.5. The largest absolute Gasteiger partial charge is 0.480 e. The summed E-state index contributed by atoms with van der Waals surface area (Å²) in [5, 5.41) is 11.7. The van der Waals surface area contributed by atoms with Gasteiger partial charge >= 0.3 is 5.97 Å². The Morgan fingerprint density at radius 1 is 1.36 bits per heavy atom. The van der Waals surface area contributed by atoms with Crippen molar-refractivity contribution < 1.29 is 23.9 Å². The quantitative estimate of drug-likeness (QED) is 0.729. The zero-order valence-electron chi connectivity index (χ0n) is 15.5. The van der Waals surface area contributed by atoms with E-state index in [4.69, 9.17) is 4.42 Å². The van der Waals surface area contributed by atoms with Crippen molar-refractivity contribution in [3.05, 3.63) is 17.8 Å². The van der Waals surface area contributed by atoms with Crippen molar-refractivity contribution in [1.29, 1.82) is 0 Å². The summed E-state index contributed by atoms with van der Waals surface area (Å²) in [7, 11) is 0. The molecule has 0 aliphatic heterocycles. The number of carbonyl (C=O) groups excluding carboxylic acids is 2. The van der Waals surface area contributed by atoms with Crippen LogP contribution in [0.4, 0.5) is 0 Å². The molecule has 8 nitrogen and oxygen atoms in total. The molecule has 8 heteroatoms. The second kappa shape index (κ2) is 8.64. The molecule has 0 aromatic carbocycles. The molecule has 0 aliphatic rings. The topological polar surface area (TPSA) is 113 Å². The van der Waals surface area contributed by atoms with Gasteiger partial charge in [-0.3, -0.25) is 9.59 Å². The molecule has 1 rings (SSSR count). The van der Waals surface area contributed by atoms with Crippen LogP contribution < -0.4 is 5.32 Å². The number of aromatic nitrogens is 1. The molecule has 1 atom stereocenters. The maximum absolute atomic E-state index is 12.4. The van der Waals surface area contributed by atoms with Crippen LogP contribution in [0.2, 0.25) is 0 Å². The Bertz CT molecular complexity index is 618. The Labute approximate surface area is 147 Å². The summed E-state index contributed by atoms with van der Waals surface area (Å²) >= 11 is 0. The Kier molecular flexibility index (Phi) is 7.14. The van der Waals surface area contributed by atoms with Gasteiger partial charge in [-0.05, 0) is 6.92 Å². The number of hydrogen-bond acceptors (Lipinski definition) is 5. The summed E-state index contributed by atoms with van der Waals surface area (Å²) < 4.78 is 5.64. The molecule has 0 aliphatic carbocycles. The molecule has 140 valence electrons. The lowest BCUT2D eigenvalue weighted by molar-refractivity contribution is -0.149. The maximum atomic E-state index is 12.4. The van der Waals surface area contributed by atoms with E-state index in [0.29, 0.717) is 5.89 Å². The second-order valence-electron chi connectivity index (χ2n) is 6.95. The van der Waals surface area contributed by atoms with Crippen LogP contribution in [0.15, 0.2) is 10.6 Å². The zero-order chi connectivity index (χ0) is 19.2. The monoisotopic (exact) mass is 353 g/mol. The van der Waals surface area contributed by atoms with Gasteiger partial charge in [0.1, 0.15) is 11.8 Å². The molecule has 1 aromatic heterocycles. The minimum atomic E-state index is -1.10. The lowest BCUT2D eigenvalue weighted by atomic mass is 9.94. The minimum Gasteiger partial charge on any atom is -0.480 e. The molecular formula is C17H27N3O5. The Balaban J connectivity index is 2.69. The normalized spacial score (nSPS) is 12.5. The number of aliphatic carboxylic acids is 1. The number of amides is 2. The van der Waals surface area contributed by atoms with E-state index in [0.717, 1.165) is 5.76 Å². The Hall–Kier alpha value is -2.38. The van der Waals surface area contributed by atoms with Crippen molar-refractivity contribution in [2.45, 2.75) is 58.9 Å². The average Bonchev–Trinajstić information content (AvgIpc) is 2.97. The summed E-state index contributed by atoms with van der Waals surface area (Å²) in [6, 6.07) is -0.976. The minimum absolute atomic E-state index is 0.0851. The van der Waals surface area contributed by atoms with Gasteiger partial charge in [0.2, 0.25) is 11.8 Å². The standard InChI is InChI=1S/C17H27N3O5/c1-11(16(23)24)20(9-8-18-12(2)21)15(22)7-6-14-19-10-13(25-14)17(3,4)5/h10-11H,6-9H2,1-5H3,(H,18,21)(H,23,24). The summed E-state index contributed by atoms with van der Waals surface area (Å²) in [6.07, 6.45) is 2.02. The van der Waals surface area contributed by atoms with E-state index in [2.05, 4.69) is 10.3 Å². The molecule has 0 spiro atoms. The third-order valence-electron chi connectivity index (χ3n) is 3.72. The number of carbonyl (C=O) groups is 3. The SMILES string of the molecule is CC(=O)NCCN(C(=O)CCc1ncc(C(C)(C)C)o1)C(C)C(=O)O. The lowest BCUT2D eigenvalue weighted by Gasteiger charge is -2.26. The smallest absolute Gasteiger partial charge is 0.326 e. The van der Waals surface area contributed by atoms with Gasteiger partial charge in [0.15, 0.2) is 5.89 Å². The lowest BCUT2D eigenvalue weighted by Crippen LogP contribution is -2.46. The van der Waals surface area contributed by atoms with Crippen molar-refractivity contribution in [2.24, 2.45) is 0 Å². The number of nitrogens with one attached hydrogen (secondary N) is 1. The van der Waals surface area contributed by atoms with E-state index in [-0.39, 0.29) is 43.2 Å². The van der Waals surface area contributed by atoms with Crippen molar-refractivity contribution in [3.8, 4) is 0 Å². The highest BCUT2D eigenvalue weighted by molar-refractivity contribution is 5.83. The van der Waals surface area contributed by atoms with Crippen molar-refractivity contribution >= 4 is 17.8 Å². The molecule has 25 heavy (non-hydrogen) atoms. The van der Waals surface area contributed by atoms with E-state index < -0.39 is 12.0 Å². The number of carboxylic acids is 1. The van der Waals surface area contributed by atoms with Crippen LogP contribution in [0, 0.1) is 0 Å². The third kappa shape index (κ3) is 6.56. The average molecular weight is 353 g/mol. The molecule has 2 amide bonds. The molecule has 0 saturated heterocycles. The van der Waals surface area contributed by atoms with Crippen LogP contribution in [-0.2, 0) is 26.2 Å². The molecule has 1 aromatic rings. The number of carboxylic acid groups (broad SMARTS) is 1. The summed E-state index contributed by atoms with van der Waals surface area (Å²) in [5.74, 6) is -0.470. The number of aryl methyl sites for hydroxylation is 1. The van der Waals surface area contributed by atoms with Gasteiger partial charge in [-0.15, -0.1) is 0 Å². The van der Waals surface area contributed by atoms with Crippen molar-refractivity contribution in [1.82, 2.24) is 15.2 Å². The molecule has 2 N–H and O–H groups in total. The summed E-state index contributed by atoms with van der Waals surface area (Å²) in [4.78, 5) is 40.0. The van der Waals surface area contributed by atoms with Gasteiger partial charge in [0.25, 0.3) is 0 Å². The first kappa shape index (κ1) is 20.7. The predicted molar refractivity (Wildman–Crippen MR) is 91.0 cm³/mol.